The smallest absolute Gasteiger partial charge is 0.278 e. The molecule has 0 fully saturated rings. The van der Waals surface area contributed by atoms with Gasteiger partial charge in [0.15, 0.2) is 5.69 Å². The molecule has 25 heavy (non-hydrogen) atoms. The van der Waals surface area contributed by atoms with Crippen molar-refractivity contribution in [2.24, 2.45) is 0 Å². The standard InChI is InChI=1S/C20H22N4O/c1-5-16-7-6-8-17(12-16)24-15(4)19(22-23-24)20(25)21-18-11-13(2)9-10-14(18)3/h6-12H,5H2,1-4H3,(H,21,25). The van der Waals surface area contributed by atoms with Crippen molar-refractivity contribution in [2.75, 3.05) is 5.32 Å². The number of rotatable bonds is 4. The van der Waals surface area contributed by atoms with Gasteiger partial charge in [-0.05, 0) is 62.1 Å². The Morgan fingerprint density at radius 3 is 2.68 bits per heavy atom. The summed E-state index contributed by atoms with van der Waals surface area (Å²) in [6, 6.07) is 14.1. The number of benzene rings is 2. The fourth-order valence-corrected chi connectivity index (χ4v) is 2.74. The summed E-state index contributed by atoms with van der Waals surface area (Å²) in [6.07, 6.45) is 0.946. The molecule has 128 valence electrons. The van der Waals surface area contributed by atoms with Crippen molar-refractivity contribution in [2.45, 2.75) is 34.1 Å². The van der Waals surface area contributed by atoms with Crippen LogP contribution in [-0.4, -0.2) is 20.9 Å². The first-order valence-corrected chi connectivity index (χ1v) is 8.40. The van der Waals surface area contributed by atoms with Crippen LogP contribution in [0.3, 0.4) is 0 Å². The number of nitrogens with zero attached hydrogens (tertiary/aromatic N) is 3. The third-order valence-electron chi connectivity index (χ3n) is 4.31. The number of aromatic nitrogens is 3. The molecule has 1 aromatic heterocycles. The van der Waals surface area contributed by atoms with Crippen LogP contribution in [0.5, 0.6) is 0 Å². The fourth-order valence-electron chi connectivity index (χ4n) is 2.74. The largest absolute Gasteiger partial charge is 0.320 e. The highest BCUT2D eigenvalue weighted by atomic mass is 16.2. The van der Waals surface area contributed by atoms with Gasteiger partial charge in [-0.1, -0.05) is 36.4 Å². The topological polar surface area (TPSA) is 59.8 Å². The van der Waals surface area contributed by atoms with Crippen LogP contribution in [0.15, 0.2) is 42.5 Å². The summed E-state index contributed by atoms with van der Waals surface area (Å²) in [7, 11) is 0. The Kier molecular flexibility index (Phi) is 4.65. The van der Waals surface area contributed by atoms with Crippen LogP contribution in [-0.2, 0) is 6.42 Å². The van der Waals surface area contributed by atoms with Crippen LogP contribution in [0.25, 0.3) is 5.69 Å². The van der Waals surface area contributed by atoms with Crippen LogP contribution in [0.4, 0.5) is 5.69 Å². The van der Waals surface area contributed by atoms with Gasteiger partial charge in [-0.3, -0.25) is 4.79 Å². The van der Waals surface area contributed by atoms with Crippen molar-refractivity contribution in [3.63, 3.8) is 0 Å². The van der Waals surface area contributed by atoms with Gasteiger partial charge < -0.3 is 5.32 Å². The lowest BCUT2D eigenvalue weighted by Crippen LogP contribution is -2.15. The molecule has 3 rings (SSSR count). The molecular formula is C20H22N4O. The number of amides is 1. The molecule has 3 aromatic rings. The van der Waals surface area contributed by atoms with E-state index in [2.05, 4.69) is 34.7 Å². The minimum atomic E-state index is -0.246. The molecule has 0 aliphatic heterocycles. The van der Waals surface area contributed by atoms with Crippen molar-refractivity contribution in [1.29, 1.82) is 0 Å². The number of hydrogen-bond donors (Lipinski definition) is 1. The lowest BCUT2D eigenvalue weighted by atomic mass is 10.1. The zero-order valence-corrected chi connectivity index (χ0v) is 15.0. The number of nitrogens with one attached hydrogen (secondary N) is 1. The molecule has 1 amide bonds. The van der Waals surface area contributed by atoms with Gasteiger partial charge in [-0.25, -0.2) is 4.68 Å². The highest BCUT2D eigenvalue weighted by molar-refractivity contribution is 6.04. The molecular weight excluding hydrogens is 312 g/mol. The minimum absolute atomic E-state index is 0.246. The third-order valence-corrected chi connectivity index (χ3v) is 4.31. The van der Waals surface area contributed by atoms with Gasteiger partial charge >= 0.3 is 0 Å². The molecule has 0 unspecified atom stereocenters. The van der Waals surface area contributed by atoms with E-state index in [9.17, 15) is 4.79 Å². The monoisotopic (exact) mass is 334 g/mol. The molecule has 1 N–H and O–H groups in total. The summed E-state index contributed by atoms with van der Waals surface area (Å²) in [6.45, 7) is 7.93. The van der Waals surface area contributed by atoms with Crippen molar-refractivity contribution in [3.8, 4) is 5.69 Å². The Labute approximate surface area is 147 Å². The third kappa shape index (κ3) is 3.45. The van der Waals surface area contributed by atoms with E-state index in [-0.39, 0.29) is 5.91 Å². The molecule has 5 nitrogen and oxygen atoms in total. The average Bonchev–Trinajstić information content (AvgIpc) is 3.00. The Hall–Kier alpha value is -2.95. The Bertz CT molecular complexity index is 927. The quantitative estimate of drug-likeness (QED) is 0.784. The minimum Gasteiger partial charge on any atom is -0.320 e. The summed E-state index contributed by atoms with van der Waals surface area (Å²) in [5.74, 6) is -0.246. The molecule has 0 saturated heterocycles. The second-order valence-electron chi connectivity index (χ2n) is 6.23. The van der Waals surface area contributed by atoms with Gasteiger partial charge in [0.05, 0.1) is 11.4 Å². The van der Waals surface area contributed by atoms with Crippen molar-refractivity contribution in [3.05, 3.63) is 70.5 Å². The van der Waals surface area contributed by atoms with Crippen LogP contribution in [0.2, 0.25) is 0 Å². The highest BCUT2D eigenvalue weighted by Gasteiger charge is 2.18. The maximum Gasteiger partial charge on any atom is 0.278 e. The molecule has 0 bridgehead atoms. The number of hydrogen-bond acceptors (Lipinski definition) is 3. The zero-order valence-electron chi connectivity index (χ0n) is 15.0. The van der Waals surface area contributed by atoms with Crippen LogP contribution < -0.4 is 5.32 Å². The van der Waals surface area contributed by atoms with E-state index in [1.807, 2.05) is 51.1 Å². The van der Waals surface area contributed by atoms with E-state index in [1.54, 1.807) is 4.68 Å². The predicted molar refractivity (Wildman–Crippen MR) is 99.3 cm³/mol. The number of carbonyl (C=O) groups excluding carboxylic acids is 1. The molecule has 5 heteroatoms. The molecule has 0 aliphatic rings. The fraction of sp³-hybridized carbons (Fsp3) is 0.250. The van der Waals surface area contributed by atoms with Gasteiger partial charge in [-0.2, -0.15) is 0 Å². The summed E-state index contributed by atoms with van der Waals surface area (Å²) in [5, 5.41) is 11.2. The summed E-state index contributed by atoms with van der Waals surface area (Å²) >= 11 is 0. The summed E-state index contributed by atoms with van der Waals surface area (Å²) in [5.41, 5.74) is 6.09. The lowest BCUT2D eigenvalue weighted by Gasteiger charge is -2.09. The number of aryl methyl sites for hydroxylation is 3. The predicted octanol–water partition coefficient (Wildman–Crippen LogP) is 4.01. The van der Waals surface area contributed by atoms with Gasteiger partial charge in [-0.15, -0.1) is 5.10 Å². The molecule has 0 radical (unpaired) electrons. The van der Waals surface area contributed by atoms with E-state index in [0.717, 1.165) is 34.6 Å². The molecule has 0 spiro atoms. The molecule has 1 heterocycles. The van der Waals surface area contributed by atoms with Crippen LogP contribution >= 0.6 is 0 Å². The van der Waals surface area contributed by atoms with Crippen molar-refractivity contribution in [1.82, 2.24) is 15.0 Å². The normalized spacial score (nSPS) is 10.7. The molecule has 0 aliphatic carbocycles. The average molecular weight is 334 g/mol. The Morgan fingerprint density at radius 1 is 1.12 bits per heavy atom. The van der Waals surface area contributed by atoms with Crippen LogP contribution in [0, 0.1) is 20.8 Å². The van der Waals surface area contributed by atoms with Crippen LogP contribution in [0.1, 0.15) is 39.8 Å². The van der Waals surface area contributed by atoms with E-state index in [1.165, 1.54) is 5.56 Å². The highest BCUT2D eigenvalue weighted by Crippen LogP contribution is 2.19. The van der Waals surface area contributed by atoms with Gasteiger partial charge in [0.2, 0.25) is 0 Å². The maximum atomic E-state index is 12.6. The zero-order chi connectivity index (χ0) is 18.0. The number of anilines is 1. The van der Waals surface area contributed by atoms with Gasteiger partial charge in [0.25, 0.3) is 5.91 Å². The van der Waals surface area contributed by atoms with E-state index < -0.39 is 0 Å². The lowest BCUT2D eigenvalue weighted by molar-refractivity contribution is 0.102. The van der Waals surface area contributed by atoms with Gasteiger partial charge in [0, 0.05) is 5.69 Å². The van der Waals surface area contributed by atoms with Crippen molar-refractivity contribution >= 4 is 11.6 Å². The molecule has 0 saturated carbocycles. The Balaban J connectivity index is 1.90. The summed E-state index contributed by atoms with van der Waals surface area (Å²) < 4.78 is 1.71. The second kappa shape index (κ2) is 6.89. The SMILES string of the molecule is CCc1cccc(-n2nnc(C(=O)Nc3cc(C)ccc3C)c2C)c1. The Morgan fingerprint density at radius 2 is 1.92 bits per heavy atom. The summed E-state index contributed by atoms with van der Waals surface area (Å²) in [4.78, 5) is 12.6. The van der Waals surface area contributed by atoms with Crippen molar-refractivity contribution < 1.29 is 4.79 Å². The van der Waals surface area contributed by atoms with E-state index in [4.69, 9.17) is 0 Å². The molecule has 0 atom stereocenters. The first-order valence-electron chi connectivity index (χ1n) is 8.40. The van der Waals surface area contributed by atoms with E-state index >= 15 is 0 Å². The van der Waals surface area contributed by atoms with Gasteiger partial charge in [0.1, 0.15) is 0 Å². The first-order chi connectivity index (χ1) is 12.0. The first kappa shape index (κ1) is 16.9. The van der Waals surface area contributed by atoms with E-state index in [0.29, 0.717) is 5.69 Å². The molecule has 2 aromatic carbocycles. The second-order valence-corrected chi connectivity index (χ2v) is 6.23. The maximum absolute atomic E-state index is 12.6. The number of carbonyl (C=O) groups is 1.